The van der Waals surface area contributed by atoms with Gasteiger partial charge < -0.3 is 9.73 Å². The van der Waals surface area contributed by atoms with Crippen molar-refractivity contribution >= 4 is 37.9 Å². The summed E-state index contributed by atoms with van der Waals surface area (Å²) in [6.45, 7) is 4.14. The molecule has 0 amide bonds. The van der Waals surface area contributed by atoms with E-state index in [9.17, 15) is 8.42 Å². The van der Waals surface area contributed by atoms with Crippen molar-refractivity contribution in [3.63, 3.8) is 0 Å². The van der Waals surface area contributed by atoms with Crippen molar-refractivity contribution in [1.29, 1.82) is 0 Å². The molecule has 4 rings (SSSR count). The average molecular weight is 410 g/mol. The molecule has 0 fully saturated rings. The molecular weight excluding hydrogens is 388 g/mol. The Labute approximate surface area is 169 Å². The fourth-order valence-corrected chi connectivity index (χ4v) is 4.64. The molecule has 0 aliphatic rings. The summed E-state index contributed by atoms with van der Waals surface area (Å²) in [5, 5.41) is 4.24. The summed E-state index contributed by atoms with van der Waals surface area (Å²) in [6, 6.07) is 15.1. The molecule has 0 spiro atoms. The Morgan fingerprint density at radius 2 is 1.72 bits per heavy atom. The third-order valence-corrected chi connectivity index (χ3v) is 5.96. The van der Waals surface area contributed by atoms with E-state index in [2.05, 4.69) is 20.0 Å². The first-order chi connectivity index (χ1) is 13.9. The molecule has 2 N–H and O–H groups in total. The number of sulfonamides is 1. The molecule has 0 aliphatic carbocycles. The number of benzene rings is 2. The van der Waals surface area contributed by atoms with Crippen LogP contribution >= 0.6 is 0 Å². The lowest BCUT2D eigenvalue weighted by molar-refractivity contribution is 0.569. The maximum atomic E-state index is 12.1. The van der Waals surface area contributed by atoms with Crippen LogP contribution in [0, 0.1) is 0 Å². The Morgan fingerprint density at radius 1 is 1.00 bits per heavy atom. The second-order valence-electron chi connectivity index (χ2n) is 7.20. The van der Waals surface area contributed by atoms with E-state index < -0.39 is 10.0 Å². The second kappa shape index (κ2) is 7.81. The van der Waals surface area contributed by atoms with Gasteiger partial charge in [0.1, 0.15) is 17.4 Å². The Morgan fingerprint density at radius 3 is 2.48 bits per heavy atom. The number of para-hydroxylation sites is 1. The van der Waals surface area contributed by atoms with E-state index in [-0.39, 0.29) is 11.8 Å². The summed E-state index contributed by atoms with van der Waals surface area (Å²) in [4.78, 5) is 8.65. The highest BCUT2D eigenvalue weighted by Crippen LogP contribution is 2.30. The quantitative estimate of drug-likeness (QED) is 0.481. The minimum absolute atomic E-state index is 0.0373. The number of furan rings is 1. The lowest BCUT2D eigenvalue weighted by atomic mass is 10.1. The van der Waals surface area contributed by atoms with Crippen molar-refractivity contribution in [2.75, 3.05) is 5.32 Å². The maximum absolute atomic E-state index is 12.1. The van der Waals surface area contributed by atoms with Crippen molar-refractivity contribution in [3.05, 3.63) is 66.0 Å². The van der Waals surface area contributed by atoms with E-state index in [0.29, 0.717) is 17.9 Å². The first-order valence-electron chi connectivity index (χ1n) is 9.35. The maximum Gasteiger partial charge on any atom is 0.216 e. The lowest BCUT2D eigenvalue weighted by Gasteiger charge is -2.10. The minimum atomic E-state index is -3.33. The predicted molar refractivity (Wildman–Crippen MR) is 114 cm³/mol. The molecule has 0 radical (unpaired) electrons. The zero-order valence-corrected chi connectivity index (χ0v) is 17.0. The van der Waals surface area contributed by atoms with E-state index in [1.807, 2.05) is 48.5 Å². The van der Waals surface area contributed by atoms with Gasteiger partial charge in [0.15, 0.2) is 11.4 Å². The molecule has 150 valence electrons. The standard InChI is InChI=1S/C21H22N4O3S/c1-14(2)25-29(26,27)12-16-9-7-15(8-10-16)11-22-21-20-19(23-13-24-21)17-5-3-4-6-18(17)28-20/h3-10,13-14,25H,11-12H2,1-2H3,(H,22,23,24). The number of hydrogen-bond donors (Lipinski definition) is 2. The van der Waals surface area contributed by atoms with Crippen LogP contribution < -0.4 is 10.0 Å². The Balaban J connectivity index is 1.48. The molecule has 7 nitrogen and oxygen atoms in total. The molecule has 2 aromatic carbocycles. The van der Waals surface area contributed by atoms with Gasteiger partial charge in [0.25, 0.3) is 0 Å². The van der Waals surface area contributed by atoms with E-state index in [0.717, 1.165) is 27.6 Å². The smallest absolute Gasteiger partial charge is 0.216 e. The van der Waals surface area contributed by atoms with Crippen molar-refractivity contribution in [3.8, 4) is 0 Å². The van der Waals surface area contributed by atoms with E-state index in [1.165, 1.54) is 6.33 Å². The largest absolute Gasteiger partial charge is 0.450 e. The molecule has 0 unspecified atom stereocenters. The number of aromatic nitrogens is 2. The van der Waals surface area contributed by atoms with Crippen LogP contribution in [0.5, 0.6) is 0 Å². The monoisotopic (exact) mass is 410 g/mol. The van der Waals surface area contributed by atoms with Crippen molar-refractivity contribution in [2.45, 2.75) is 32.2 Å². The second-order valence-corrected chi connectivity index (χ2v) is 8.95. The Hall–Kier alpha value is -2.97. The van der Waals surface area contributed by atoms with Gasteiger partial charge in [-0.1, -0.05) is 36.4 Å². The first-order valence-corrected chi connectivity index (χ1v) is 11.0. The van der Waals surface area contributed by atoms with Gasteiger partial charge in [-0.25, -0.2) is 23.1 Å². The zero-order valence-electron chi connectivity index (χ0n) is 16.2. The molecule has 0 saturated heterocycles. The summed E-state index contributed by atoms with van der Waals surface area (Å²) >= 11 is 0. The molecule has 2 heterocycles. The van der Waals surface area contributed by atoms with E-state index >= 15 is 0 Å². The van der Waals surface area contributed by atoms with Gasteiger partial charge in [0, 0.05) is 18.0 Å². The van der Waals surface area contributed by atoms with Crippen LogP contribution in [0.4, 0.5) is 5.82 Å². The normalized spacial score (nSPS) is 12.1. The van der Waals surface area contributed by atoms with Crippen LogP contribution in [-0.2, 0) is 22.3 Å². The summed E-state index contributed by atoms with van der Waals surface area (Å²) < 4.78 is 32.6. The highest BCUT2D eigenvalue weighted by Gasteiger charge is 2.14. The number of hydrogen-bond acceptors (Lipinski definition) is 6. The number of nitrogens with one attached hydrogen (secondary N) is 2. The molecular formula is C21H22N4O3S. The third-order valence-electron chi connectivity index (χ3n) is 4.41. The predicted octanol–water partition coefficient (Wildman–Crippen LogP) is 3.82. The average Bonchev–Trinajstić information content (AvgIpc) is 3.05. The minimum Gasteiger partial charge on any atom is -0.450 e. The summed E-state index contributed by atoms with van der Waals surface area (Å²) in [6.07, 6.45) is 1.52. The van der Waals surface area contributed by atoms with Crippen molar-refractivity contribution in [1.82, 2.24) is 14.7 Å². The third kappa shape index (κ3) is 4.38. The number of fused-ring (bicyclic) bond motifs is 3. The number of rotatable bonds is 7. The number of nitrogens with zero attached hydrogens (tertiary/aromatic N) is 2. The van der Waals surface area contributed by atoms with Gasteiger partial charge in [-0.3, -0.25) is 0 Å². The highest BCUT2D eigenvalue weighted by molar-refractivity contribution is 7.88. The molecule has 29 heavy (non-hydrogen) atoms. The zero-order chi connectivity index (χ0) is 20.4. The van der Waals surface area contributed by atoms with Crippen LogP contribution in [0.15, 0.2) is 59.3 Å². The van der Waals surface area contributed by atoms with Crippen molar-refractivity contribution < 1.29 is 12.8 Å². The number of anilines is 1. The van der Waals surface area contributed by atoms with Crippen LogP contribution in [-0.4, -0.2) is 24.4 Å². The summed E-state index contributed by atoms with van der Waals surface area (Å²) in [5.74, 6) is 0.587. The lowest BCUT2D eigenvalue weighted by Crippen LogP contribution is -2.31. The van der Waals surface area contributed by atoms with Crippen LogP contribution in [0.25, 0.3) is 22.1 Å². The molecule has 0 bridgehead atoms. The Kier molecular flexibility index (Phi) is 5.21. The Bertz CT molecular complexity index is 1250. The highest BCUT2D eigenvalue weighted by atomic mass is 32.2. The molecule has 4 aromatic rings. The summed E-state index contributed by atoms with van der Waals surface area (Å²) in [5.41, 5.74) is 3.91. The molecule has 0 saturated carbocycles. The van der Waals surface area contributed by atoms with Crippen LogP contribution in [0.2, 0.25) is 0 Å². The van der Waals surface area contributed by atoms with Gasteiger partial charge in [-0.15, -0.1) is 0 Å². The molecule has 0 aliphatic heterocycles. The van der Waals surface area contributed by atoms with Crippen LogP contribution in [0.3, 0.4) is 0 Å². The van der Waals surface area contributed by atoms with Gasteiger partial charge in [0.05, 0.1) is 5.75 Å². The van der Waals surface area contributed by atoms with Crippen molar-refractivity contribution in [2.24, 2.45) is 0 Å². The SMILES string of the molecule is CC(C)NS(=O)(=O)Cc1ccc(CNc2ncnc3c2oc2ccccc23)cc1. The molecule has 2 aromatic heterocycles. The summed E-state index contributed by atoms with van der Waals surface area (Å²) in [7, 11) is -3.33. The molecule has 8 heteroatoms. The van der Waals surface area contributed by atoms with E-state index in [1.54, 1.807) is 13.8 Å². The molecule has 0 atom stereocenters. The van der Waals surface area contributed by atoms with Gasteiger partial charge >= 0.3 is 0 Å². The topological polar surface area (TPSA) is 97.1 Å². The fraction of sp³-hybridized carbons (Fsp3) is 0.238. The van der Waals surface area contributed by atoms with Gasteiger partial charge in [-0.05, 0) is 37.1 Å². The first kappa shape index (κ1) is 19.4. The van der Waals surface area contributed by atoms with E-state index in [4.69, 9.17) is 4.42 Å². The van der Waals surface area contributed by atoms with Gasteiger partial charge in [-0.2, -0.15) is 0 Å². The van der Waals surface area contributed by atoms with Gasteiger partial charge in [0.2, 0.25) is 10.0 Å². The fourth-order valence-electron chi connectivity index (χ4n) is 3.21. The van der Waals surface area contributed by atoms with Crippen LogP contribution in [0.1, 0.15) is 25.0 Å².